The third-order valence-electron chi connectivity index (χ3n) is 3.53. The minimum atomic E-state index is -3.43. The van der Waals surface area contributed by atoms with Crippen LogP contribution in [0.15, 0.2) is 34.0 Å². The third kappa shape index (κ3) is 2.37. The first-order valence-corrected chi connectivity index (χ1v) is 8.53. The molecule has 0 N–H and O–H groups in total. The van der Waals surface area contributed by atoms with E-state index in [1.54, 1.807) is 33.2 Å². The van der Waals surface area contributed by atoms with Crippen molar-refractivity contribution >= 4 is 31.6 Å². The van der Waals surface area contributed by atoms with Gasteiger partial charge in [0, 0.05) is 32.4 Å². The summed E-state index contributed by atoms with van der Waals surface area (Å²) in [6.45, 7) is 2.58. The van der Waals surface area contributed by atoms with Crippen molar-refractivity contribution in [3.8, 4) is 0 Å². The summed E-state index contributed by atoms with van der Waals surface area (Å²) < 4.78 is 29.3. The number of pyridine rings is 1. The van der Waals surface area contributed by atoms with E-state index < -0.39 is 10.0 Å². The van der Waals surface area contributed by atoms with Gasteiger partial charge >= 0.3 is 0 Å². The van der Waals surface area contributed by atoms with Gasteiger partial charge in [-0.3, -0.25) is 4.40 Å². The van der Waals surface area contributed by atoms with Crippen LogP contribution in [0.2, 0.25) is 0 Å². The molecule has 1 saturated heterocycles. The molecular formula is C12H15BrN4O2S. The molecule has 3 rings (SSSR count). The Morgan fingerprint density at radius 2 is 1.90 bits per heavy atom. The van der Waals surface area contributed by atoms with Crippen LogP contribution >= 0.6 is 15.9 Å². The minimum Gasteiger partial charge on any atom is -0.304 e. The Bertz CT molecular complexity index is 735. The molecule has 2 aromatic rings. The first-order chi connectivity index (χ1) is 9.48. The van der Waals surface area contributed by atoms with Gasteiger partial charge in [-0.05, 0) is 35.1 Å². The molecule has 1 aliphatic heterocycles. The summed E-state index contributed by atoms with van der Waals surface area (Å²) in [4.78, 5) is 6.59. The van der Waals surface area contributed by atoms with Crippen molar-refractivity contribution < 1.29 is 8.42 Å². The van der Waals surface area contributed by atoms with Gasteiger partial charge in [-0.2, -0.15) is 4.31 Å². The number of nitrogens with zero attached hydrogens (tertiary/aromatic N) is 4. The quantitative estimate of drug-likeness (QED) is 0.804. The normalized spacial score (nSPS) is 18.7. The summed E-state index contributed by atoms with van der Waals surface area (Å²) in [5.74, 6) is 0. The third-order valence-corrected chi connectivity index (χ3v) is 6.00. The number of hydrogen-bond donors (Lipinski definition) is 0. The fourth-order valence-corrected chi connectivity index (χ4v) is 4.07. The average Bonchev–Trinajstić information content (AvgIpc) is 2.80. The molecule has 20 heavy (non-hydrogen) atoms. The maximum Gasteiger partial charge on any atom is 0.244 e. The Kier molecular flexibility index (Phi) is 3.57. The van der Waals surface area contributed by atoms with Crippen LogP contribution in [0.3, 0.4) is 0 Å². The van der Waals surface area contributed by atoms with Crippen LogP contribution in [0.4, 0.5) is 0 Å². The average molecular weight is 359 g/mol. The van der Waals surface area contributed by atoms with Gasteiger partial charge < -0.3 is 4.90 Å². The molecular weight excluding hydrogens is 344 g/mol. The van der Waals surface area contributed by atoms with E-state index in [0.717, 1.165) is 17.7 Å². The van der Waals surface area contributed by atoms with Crippen molar-refractivity contribution in [3.63, 3.8) is 0 Å². The lowest BCUT2D eigenvalue weighted by molar-refractivity contribution is 0.222. The molecule has 3 heterocycles. The zero-order valence-electron chi connectivity index (χ0n) is 11.0. The molecule has 8 heteroatoms. The Balaban J connectivity index is 1.98. The van der Waals surface area contributed by atoms with Crippen LogP contribution in [-0.2, 0) is 10.0 Å². The lowest BCUT2D eigenvalue weighted by Crippen LogP contribution is -2.47. The summed E-state index contributed by atoms with van der Waals surface area (Å²) in [5, 5.41) is 0. The molecule has 0 bridgehead atoms. The van der Waals surface area contributed by atoms with E-state index in [0.29, 0.717) is 23.6 Å². The van der Waals surface area contributed by atoms with Crippen molar-refractivity contribution in [2.45, 2.75) is 4.90 Å². The highest BCUT2D eigenvalue weighted by molar-refractivity contribution is 9.10. The van der Waals surface area contributed by atoms with Gasteiger partial charge in [0.1, 0.15) is 10.3 Å². The van der Waals surface area contributed by atoms with Crippen LogP contribution in [0, 0.1) is 0 Å². The molecule has 0 aliphatic carbocycles. The molecule has 108 valence electrons. The molecule has 1 aliphatic rings. The summed E-state index contributed by atoms with van der Waals surface area (Å²) >= 11 is 3.36. The minimum absolute atomic E-state index is 0.299. The molecule has 1 fully saturated rings. The van der Waals surface area contributed by atoms with Crippen molar-refractivity contribution in [2.24, 2.45) is 0 Å². The number of halogens is 1. The molecule has 0 radical (unpaired) electrons. The second kappa shape index (κ2) is 5.10. The lowest BCUT2D eigenvalue weighted by atomic mass is 10.4. The van der Waals surface area contributed by atoms with E-state index >= 15 is 0 Å². The van der Waals surface area contributed by atoms with Gasteiger partial charge in [0.2, 0.25) is 10.0 Å². The fourth-order valence-electron chi connectivity index (χ4n) is 2.26. The van der Waals surface area contributed by atoms with E-state index in [9.17, 15) is 8.42 Å². The predicted octanol–water partition coefficient (Wildman–Crippen LogP) is 1.03. The first-order valence-electron chi connectivity index (χ1n) is 6.30. The monoisotopic (exact) mass is 358 g/mol. The maximum absolute atomic E-state index is 12.6. The topological polar surface area (TPSA) is 57.9 Å². The second-order valence-electron chi connectivity index (χ2n) is 4.88. The standard InChI is InChI=1S/C12H15BrN4O2S/c1-15-4-6-16(7-5-15)20(18,19)10-2-3-12-14-8-11(13)17(12)9-10/h2-3,8-9H,4-7H2,1H3. The second-order valence-corrected chi connectivity index (χ2v) is 7.63. The van der Waals surface area contributed by atoms with E-state index in [2.05, 4.69) is 25.8 Å². The SMILES string of the molecule is CN1CCN(S(=O)(=O)c2ccc3ncc(Br)n3c2)CC1. The Labute approximate surface area is 126 Å². The number of rotatable bonds is 2. The molecule has 0 amide bonds. The van der Waals surface area contributed by atoms with Gasteiger partial charge in [-0.15, -0.1) is 0 Å². The summed E-state index contributed by atoms with van der Waals surface area (Å²) in [6.07, 6.45) is 3.27. The predicted molar refractivity (Wildman–Crippen MR) is 79.1 cm³/mol. The first kappa shape index (κ1) is 14.0. The highest BCUT2D eigenvalue weighted by Gasteiger charge is 2.27. The Morgan fingerprint density at radius 3 is 2.60 bits per heavy atom. The van der Waals surface area contributed by atoms with E-state index in [1.165, 1.54) is 0 Å². The molecule has 0 atom stereocenters. The van der Waals surface area contributed by atoms with Crippen molar-refractivity contribution in [3.05, 3.63) is 29.1 Å². The van der Waals surface area contributed by atoms with E-state index in [4.69, 9.17) is 0 Å². The van der Waals surface area contributed by atoms with E-state index in [1.807, 2.05) is 7.05 Å². The summed E-state index contributed by atoms with van der Waals surface area (Å²) in [6, 6.07) is 3.33. The number of hydrogen-bond acceptors (Lipinski definition) is 4. The molecule has 0 saturated carbocycles. The molecule has 0 aromatic carbocycles. The lowest BCUT2D eigenvalue weighted by Gasteiger charge is -2.31. The molecule has 6 nitrogen and oxygen atoms in total. The maximum atomic E-state index is 12.6. The summed E-state index contributed by atoms with van der Waals surface area (Å²) in [7, 11) is -1.44. The Morgan fingerprint density at radius 1 is 1.20 bits per heavy atom. The zero-order chi connectivity index (χ0) is 14.3. The van der Waals surface area contributed by atoms with Gasteiger partial charge in [-0.25, -0.2) is 13.4 Å². The van der Waals surface area contributed by atoms with Gasteiger partial charge in [-0.1, -0.05) is 0 Å². The van der Waals surface area contributed by atoms with E-state index in [-0.39, 0.29) is 0 Å². The highest BCUT2D eigenvalue weighted by atomic mass is 79.9. The highest BCUT2D eigenvalue weighted by Crippen LogP contribution is 2.20. The number of imidazole rings is 1. The van der Waals surface area contributed by atoms with Crippen molar-refractivity contribution in [1.29, 1.82) is 0 Å². The Hall–Kier alpha value is -0.960. The number of piperazine rings is 1. The number of fused-ring (bicyclic) bond motifs is 1. The molecule has 0 unspecified atom stereocenters. The van der Waals surface area contributed by atoms with Gasteiger partial charge in [0.05, 0.1) is 11.1 Å². The van der Waals surface area contributed by atoms with Crippen LogP contribution in [0.25, 0.3) is 5.65 Å². The van der Waals surface area contributed by atoms with Crippen LogP contribution in [-0.4, -0.2) is 60.2 Å². The van der Waals surface area contributed by atoms with Crippen molar-refractivity contribution in [2.75, 3.05) is 33.2 Å². The fraction of sp³-hybridized carbons (Fsp3) is 0.417. The van der Waals surface area contributed by atoms with Crippen LogP contribution in [0.1, 0.15) is 0 Å². The summed E-state index contributed by atoms with van der Waals surface area (Å²) in [5.41, 5.74) is 0.717. The van der Waals surface area contributed by atoms with Crippen LogP contribution < -0.4 is 0 Å². The molecule has 2 aromatic heterocycles. The number of likely N-dealkylation sites (N-methyl/N-ethyl adjacent to an activating group) is 1. The molecule has 0 spiro atoms. The van der Waals surface area contributed by atoms with Crippen LogP contribution in [0.5, 0.6) is 0 Å². The van der Waals surface area contributed by atoms with Crippen molar-refractivity contribution in [1.82, 2.24) is 18.6 Å². The smallest absolute Gasteiger partial charge is 0.244 e. The number of sulfonamides is 1. The van der Waals surface area contributed by atoms with Gasteiger partial charge in [0.25, 0.3) is 0 Å². The van der Waals surface area contributed by atoms with Gasteiger partial charge in [0.15, 0.2) is 0 Å². The largest absolute Gasteiger partial charge is 0.304 e. The number of aromatic nitrogens is 2. The zero-order valence-corrected chi connectivity index (χ0v) is 13.4.